The Hall–Kier alpha value is -3.60. The molecule has 0 aliphatic rings. The van der Waals surface area contributed by atoms with Crippen LogP contribution in [0.25, 0.3) is 6.08 Å². The molecular formula is C26H28N2O3. The van der Waals surface area contributed by atoms with Crippen LogP contribution in [0.4, 0.5) is 0 Å². The molecule has 31 heavy (non-hydrogen) atoms. The summed E-state index contributed by atoms with van der Waals surface area (Å²) in [5.74, 6) is 1.22. The highest BCUT2D eigenvalue weighted by atomic mass is 16.5. The van der Waals surface area contributed by atoms with Gasteiger partial charge in [0.2, 0.25) is 5.91 Å². The summed E-state index contributed by atoms with van der Waals surface area (Å²) in [6.07, 6.45) is 6.02. The normalized spacial score (nSPS) is 11.8. The van der Waals surface area contributed by atoms with Gasteiger partial charge in [-0.3, -0.25) is 9.78 Å². The van der Waals surface area contributed by atoms with Crippen molar-refractivity contribution in [1.82, 2.24) is 9.88 Å². The lowest BCUT2D eigenvalue weighted by Crippen LogP contribution is -2.31. The van der Waals surface area contributed by atoms with Gasteiger partial charge in [-0.05, 0) is 47.9 Å². The monoisotopic (exact) mass is 416 g/mol. The van der Waals surface area contributed by atoms with Gasteiger partial charge in [0.05, 0.1) is 25.5 Å². The van der Waals surface area contributed by atoms with Gasteiger partial charge in [0.15, 0.2) is 11.5 Å². The zero-order valence-corrected chi connectivity index (χ0v) is 18.2. The largest absolute Gasteiger partial charge is 0.493 e. The molecule has 0 bridgehead atoms. The molecule has 160 valence electrons. The average molecular weight is 417 g/mol. The molecule has 1 atom stereocenters. The highest BCUT2D eigenvalue weighted by molar-refractivity contribution is 5.92. The number of rotatable bonds is 9. The molecule has 0 aliphatic carbocycles. The number of amides is 1. The Morgan fingerprint density at radius 2 is 1.84 bits per heavy atom. The molecule has 1 aromatic heterocycles. The molecule has 0 N–H and O–H groups in total. The third-order valence-corrected chi connectivity index (χ3v) is 4.89. The minimum absolute atomic E-state index is 0.121. The molecule has 1 unspecified atom stereocenters. The topological polar surface area (TPSA) is 51.7 Å². The quantitative estimate of drug-likeness (QED) is 0.453. The van der Waals surface area contributed by atoms with Crippen LogP contribution in [-0.4, -0.2) is 36.6 Å². The molecule has 3 rings (SSSR count). The van der Waals surface area contributed by atoms with Crippen LogP contribution in [0.15, 0.2) is 79.0 Å². The van der Waals surface area contributed by atoms with Crippen LogP contribution in [0, 0.1) is 0 Å². The standard InChI is InChI=1S/C26H28N2O3/c1-4-18-31-23-15-13-20(19-24(23)30-3)14-16-25(29)28(2)26(21-10-6-5-7-11-21)22-12-8-9-17-27-22/h5-17,19,26H,4,18H2,1-3H3/b16-14+. The van der Waals surface area contributed by atoms with Crippen LogP contribution in [0.3, 0.4) is 0 Å². The number of aromatic nitrogens is 1. The molecule has 0 saturated heterocycles. The van der Waals surface area contributed by atoms with Gasteiger partial charge in [-0.15, -0.1) is 0 Å². The molecule has 1 heterocycles. The van der Waals surface area contributed by atoms with Crippen LogP contribution in [0.2, 0.25) is 0 Å². The molecule has 5 heteroatoms. The third kappa shape index (κ3) is 5.72. The summed E-state index contributed by atoms with van der Waals surface area (Å²) in [6, 6.07) is 21.0. The van der Waals surface area contributed by atoms with Crippen molar-refractivity contribution >= 4 is 12.0 Å². The molecular weight excluding hydrogens is 388 g/mol. The summed E-state index contributed by atoms with van der Waals surface area (Å²) in [7, 11) is 3.40. The van der Waals surface area contributed by atoms with Gasteiger partial charge in [-0.1, -0.05) is 49.4 Å². The van der Waals surface area contributed by atoms with E-state index in [1.165, 1.54) is 0 Å². The minimum atomic E-state index is -0.279. The second-order valence-electron chi connectivity index (χ2n) is 7.11. The second kappa shape index (κ2) is 11.0. The third-order valence-electron chi connectivity index (χ3n) is 4.89. The minimum Gasteiger partial charge on any atom is -0.493 e. The van der Waals surface area contributed by atoms with E-state index in [9.17, 15) is 4.79 Å². The predicted octanol–water partition coefficient (Wildman–Crippen LogP) is 5.14. The van der Waals surface area contributed by atoms with Crippen molar-refractivity contribution < 1.29 is 14.3 Å². The zero-order valence-electron chi connectivity index (χ0n) is 18.2. The van der Waals surface area contributed by atoms with Crippen molar-refractivity contribution in [2.75, 3.05) is 20.8 Å². The summed E-state index contributed by atoms with van der Waals surface area (Å²) in [4.78, 5) is 19.2. The summed E-state index contributed by atoms with van der Waals surface area (Å²) in [6.45, 7) is 2.68. The Morgan fingerprint density at radius 3 is 2.52 bits per heavy atom. The van der Waals surface area contributed by atoms with Gasteiger partial charge in [0.25, 0.3) is 0 Å². The van der Waals surface area contributed by atoms with Crippen LogP contribution in [0.1, 0.15) is 36.2 Å². The van der Waals surface area contributed by atoms with Crippen molar-refractivity contribution in [3.63, 3.8) is 0 Å². The lowest BCUT2D eigenvalue weighted by molar-refractivity contribution is -0.126. The van der Waals surface area contributed by atoms with E-state index in [-0.39, 0.29) is 11.9 Å². The number of hydrogen-bond donors (Lipinski definition) is 0. The average Bonchev–Trinajstić information content (AvgIpc) is 2.82. The number of methoxy groups -OCH3 is 1. The fourth-order valence-electron chi connectivity index (χ4n) is 3.30. The molecule has 3 aromatic rings. The Labute approximate surface area is 184 Å². The van der Waals surface area contributed by atoms with Gasteiger partial charge >= 0.3 is 0 Å². The first-order chi connectivity index (χ1) is 15.1. The van der Waals surface area contributed by atoms with Crippen LogP contribution >= 0.6 is 0 Å². The lowest BCUT2D eigenvalue weighted by atomic mass is 10.0. The van der Waals surface area contributed by atoms with Gasteiger partial charge < -0.3 is 14.4 Å². The van der Waals surface area contributed by atoms with Crippen LogP contribution in [0.5, 0.6) is 11.5 Å². The Balaban J connectivity index is 1.81. The fourth-order valence-corrected chi connectivity index (χ4v) is 3.30. The number of hydrogen-bond acceptors (Lipinski definition) is 4. The maximum Gasteiger partial charge on any atom is 0.247 e. The molecule has 0 fully saturated rings. The Bertz CT molecular complexity index is 964. The first kappa shape index (κ1) is 22.1. The number of benzene rings is 2. The van der Waals surface area contributed by atoms with E-state index in [1.807, 2.05) is 66.7 Å². The number of likely N-dealkylation sites (N-methyl/N-ethyl adjacent to an activating group) is 1. The van der Waals surface area contributed by atoms with Gasteiger partial charge in [0.1, 0.15) is 0 Å². The Morgan fingerprint density at radius 1 is 1.06 bits per heavy atom. The second-order valence-corrected chi connectivity index (χ2v) is 7.11. The smallest absolute Gasteiger partial charge is 0.247 e. The van der Waals surface area contributed by atoms with Crippen LogP contribution < -0.4 is 9.47 Å². The fraction of sp³-hybridized carbons (Fsp3) is 0.231. The van der Waals surface area contributed by atoms with E-state index in [2.05, 4.69) is 11.9 Å². The van der Waals surface area contributed by atoms with Gasteiger partial charge in [0, 0.05) is 19.3 Å². The summed E-state index contributed by atoms with van der Waals surface area (Å²) < 4.78 is 11.1. The number of pyridine rings is 1. The van der Waals surface area contributed by atoms with E-state index in [4.69, 9.17) is 9.47 Å². The predicted molar refractivity (Wildman–Crippen MR) is 123 cm³/mol. The highest BCUT2D eigenvalue weighted by Gasteiger charge is 2.23. The molecule has 0 radical (unpaired) electrons. The highest BCUT2D eigenvalue weighted by Crippen LogP contribution is 2.29. The van der Waals surface area contributed by atoms with E-state index in [1.54, 1.807) is 37.4 Å². The summed E-state index contributed by atoms with van der Waals surface area (Å²) in [5.41, 5.74) is 2.68. The van der Waals surface area contributed by atoms with Gasteiger partial charge in [-0.2, -0.15) is 0 Å². The van der Waals surface area contributed by atoms with Crippen molar-refractivity contribution in [3.8, 4) is 11.5 Å². The molecule has 2 aromatic carbocycles. The van der Waals surface area contributed by atoms with E-state index in [0.29, 0.717) is 18.1 Å². The van der Waals surface area contributed by atoms with Crippen molar-refractivity contribution in [1.29, 1.82) is 0 Å². The van der Waals surface area contributed by atoms with E-state index < -0.39 is 0 Å². The van der Waals surface area contributed by atoms with Crippen molar-refractivity contribution in [2.45, 2.75) is 19.4 Å². The number of ether oxygens (including phenoxy) is 2. The molecule has 0 aliphatic heterocycles. The van der Waals surface area contributed by atoms with E-state index in [0.717, 1.165) is 23.2 Å². The number of carbonyl (C=O) groups is 1. The Kier molecular flexibility index (Phi) is 7.82. The SMILES string of the molecule is CCCOc1ccc(/C=C/C(=O)N(C)C(c2ccccc2)c2ccccn2)cc1OC. The maximum absolute atomic E-state index is 13.0. The number of nitrogens with zero attached hydrogens (tertiary/aromatic N) is 2. The van der Waals surface area contributed by atoms with Gasteiger partial charge in [-0.25, -0.2) is 0 Å². The first-order valence-corrected chi connectivity index (χ1v) is 10.4. The summed E-state index contributed by atoms with van der Waals surface area (Å²) >= 11 is 0. The first-order valence-electron chi connectivity index (χ1n) is 10.4. The zero-order chi connectivity index (χ0) is 22.1. The molecule has 1 amide bonds. The summed E-state index contributed by atoms with van der Waals surface area (Å²) in [5, 5.41) is 0. The van der Waals surface area contributed by atoms with Crippen molar-refractivity contribution in [3.05, 3.63) is 95.8 Å². The maximum atomic E-state index is 13.0. The van der Waals surface area contributed by atoms with Crippen molar-refractivity contribution in [2.24, 2.45) is 0 Å². The molecule has 0 saturated carbocycles. The molecule has 5 nitrogen and oxygen atoms in total. The molecule has 0 spiro atoms. The number of carbonyl (C=O) groups excluding carboxylic acids is 1. The van der Waals surface area contributed by atoms with E-state index >= 15 is 0 Å². The van der Waals surface area contributed by atoms with Crippen LogP contribution in [-0.2, 0) is 4.79 Å². The lowest BCUT2D eigenvalue weighted by Gasteiger charge is -2.27.